The Kier molecular flexibility index (Phi) is 2.87. The zero-order valence-corrected chi connectivity index (χ0v) is 9.74. The van der Waals surface area contributed by atoms with Crippen LogP contribution >= 0.6 is 11.8 Å². The van der Waals surface area contributed by atoms with Gasteiger partial charge in [0, 0.05) is 6.54 Å². The molecule has 0 radical (unpaired) electrons. The SMILES string of the molecule is O[C@H]1CN[C@@H](c2nc(C3CCCS3)no2)C1. The van der Waals surface area contributed by atoms with Crippen LogP contribution in [-0.4, -0.2) is 33.6 Å². The molecule has 3 heterocycles. The van der Waals surface area contributed by atoms with Crippen LogP contribution in [0, 0.1) is 0 Å². The van der Waals surface area contributed by atoms with E-state index in [1.54, 1.807) is 0 Å². The lowest BCUT2D eigenvalue weighted by Gasteiger charge is -2.02. The molecule has 0 amide bonds. The Morgan fingerprint density at radius 3 is 3.12 bits per heavy atom. The molecular weight excluding hydrogens is 226 g/mol. The van der Waals surface area contributed by atoms with Crippen LogP contribution in [0.3, 0.4) is 0 Å². The molecule has 1 unspecified atom stereocenters. The number of nitrogens with one attached hydrogen (secondary N) is 1. The maximum Gasteiger partial charge on any atom is 0.243 e. The molecule has 2 N–H and O–H groups in total. The summed E-state index contributed by atoms with van der Waals surface area (Å²) in [5.74, 6) is 2.63. The van der Waals surface area contributed by atoms with Gasteiger partial charge in [0.25, 0.3) is 0 Å². The molecule has 3 atom stereocenters. The van der Waals surface area contributed by atoms with E-state index in [1.807, 2.05) is 11.8 Å². The first-order chi connectivity index (χ1) is 7.83. The number of aliphatic hydroxyl groups excluding tert-OH is 1. The molecule has 0 saturated carbocycles. The maximum absolute atomic E-state index is 9.42. The van der Waals surface area contributed by atoms with Crippen LogP contribution in [0.2, 0.25) is 0 Å². The van der Waals surface area contributed by atoms with Gasteiger partial charge >= 0.3 is 0 Å². The van der Waals surface area contributed by atoms with Crippen molar-refractivity contribution in [1.29, 1.82) is 0 Å². The van der Waals surface area contributed by atoms with Crippen molar-refractivity contribution < 1.29 is 9.63 Å². The van der Waals surface area contributed by atoms with Crippen LogP contribution < -0.4 is 5.32 Å². The number of nitrogens with zero attached hydrogens (tertiary/aromatic N) is 2. The summed E-state index contributed by atoms with van der Waals surface area (Å²) >= 11 is 1.90. The quantitative estimate of drug-likeness (QED) is 0.806. The minimum absolute atomic E-state index is 0.0302. The third-order valence-electron chi connectivity index (χ3n) is 3.08. The Hall–Kier alpha value is -0.590. The lowest BCUT2D eigenvalue weighted by atomic mass is 10.2. The predicted octanol–water partition coefficient (Wildman–Crippen LogP) is 1.03. The Bertz CT molecular complexity index is 365. The van der Waals surface area contributed by atoms with Gasteiger partial charge in [-0.05, 0) is 25.0 Å². The monoisotopic (exact) mass is 241 g/mol. The molecule has 0 aromatic carbocycles. The standard InChI is InChI=1S/C10H15N3O2S/c14-6-4-7(11-5-6)10-12-9(13-15-10)8-2-1-3-16-8/h6-8,11,14H,1-5H2/t6-,7-,8?/m1/s1. The molecule has 0 bridgehead atoms. The summed E-state index contributed by atoms with van der Waals surface area (Å²) in [4.78, 5) is 4.44. The Morgan fingerprint density at radius 2 is 2.44 bits per heavy atom. The highest BCUT2D eigenvalue weighted by Gasteiger charge is 2.30. The Balaban J connectivity index is 1.72. The van der Waals surface area contributed by atoms with Gasteiger partial charge in [-0.2, -0.15) is 16.7 Å². The second-order valence-corrected chi connectivity index (χ2v) is 5.65. The number of thioether (sulfide) groups is 1. The molecule has 2 aliphatic rings. The highest BCUT2D eigenvalue weighted by molar-refractivity contribution is 7.99. The summed E-state index contributed by atoms with van der Waals surface area (Å²) in [5.41, 5.74) is 0. The number of hydrogen-bond acceptors (Lipinski definition) is 6. The lowest BCUT2D eigenvalue weighted by Crippen LogP contribution is -2.15. The second-order valence-electron chi connectivity index (χ2n) is 4.34. The van der Waals surface area contributed by atoms with Gasteiger partial charge in [-0.15, -0.1) is 0 Å². The summed E-state index contributed by atoms with van der Waals surface area (Å²) in [6, 6.07) is 0.0302. The van der Waals surface area contributed by atoms with E-state index < -0.39 is 0 Å². The van der Waals surface area contributed by atoms with E-state index >= 15 is 0 Å². The first kappa shape index (κ1) is 10.6. The lowest BCUT2D eigenvalue weighted by molar-refractivity contribution is 0.191. The molecule has 1 aromatic rings. The van der Waals surface area contributed by atoms with Crippen molar-refractivity contribution in [3.05, 3.63) is 11.7 Å². The van der Waals surface area contributed by atoms with Gasteiger partial charge in [0.2, 0.25) is 5.89 Å². The van der Waals surface area contributed by atoms with Gasteiger partial charge in [0.15, 0.2) is 5.82 Å². The molecule has 6 heteroatoms. The van der Waals surface area contributed by atoms with Crippen molar-refractivity contribution in [2.75, 3.05) is 12.3 Å². The maximum atomic E-state index is 9.42. The number of β-amino-alcohol motifs (C(OH)–C–C–N with tert-alkyl or cyclic N) is 1. The van der Waals surface area contributed by atoms with Crippen molar-refractivity contribution >= 4 is 11.8 Å². The van der Waals surface area contributed by atoms with Crippen molar-refractivity contribution in [2.24, 2.45) is 0 Å². The van der Waals surface area contributed by atoms with E-state index in [2.05, 4.69) is 15.5 Å². The fourth-order valence-electron chi connectivity index (χ4n) is 2.21. The third-order valence-corrected chi connectivity index (χ3v) is 4.45. The second kappa shape index (κ2) is 4.35. The molecule has 88 valence electrons. The first-order valence-electron chi connectivity index (χ1n) is 5.69. The smallest absolute Gasteiger partial charge is 0.243 e. The first-order valence-corrected chi connectivity index (χ1v) is 6.74. The van der Waals surface area contributed by atoms with E-state index in [0.717, 1.165) is 12.2 Å². The average Bonchev–Trinajstić information content (AvgIpc) is 2.97. The summed E-state index contributed by atoms with van der Waals surface area (Å²) < 4.78 is 5.26. The molecular formula is C10H15N3O2S. The molecule has 3 rings (SSSR count). The third kappa shape index (κ3) is 1.97. The van der Waals surface area contributed by atoms with E-state index in [1.165, 1.54) is 12.2 Å². The van der Waals surface area contributed by atoms with Gasteiger partial charge in [0.1, 0.15) is 0 Å². The highest BCUT2D eigenvalue weighted by atomic mass is 32.2. The topological polar surface area (TPSA) is 71.2 Å². The van der Waals surface area contributed by atoms with E-state index in [0.29, 0.717) is 24.1 Å². The molecule has 16 heavy (non-hydrogen) atoms. The number of rotatable bonds is 2. The van der Waals surface area contributed by atoms with Crippen LogP contribution in [0.4, 0.5) is 0 Å². The van der Waals surface area contributed by atoms with Crippen LogP contribution in [-0.2, 0) is 0 Å². The van der Waals surface area contributed by atoms with Gasteiger partial charge < -0.3 is 14.9 Å². The molecule has 2 aliphatic heterocycles. The minimum atomic E-state index is -0.291. The van der Waals surface area contributed by atoms with Crippen molar-refractivity contribution in [3.8, 4) is 0 Å². The largest absolute Gasteiger partial charge is 0.392 e. The highest BCUT2D eigenvalue weighted by Crippen LogP contribution is 2.38. The van der Waals surface area contributed by atoms with E-state index in [-0.39, 0.29) is 12.1 Å². The van der Waals surface area contributed by atoms with Crippen molar-refractivity contribution in [2.45, 2.75) is 36.7 Å². The molecule has 2 saturated heterocycles. The summed E-state index contributed by atoms with van der Waals surface area (Å²) in [5, 5.41) is 17.0. The predicted molar refractivity (Wildman–Crippen MR) is 60.1 cm³/mol. The molecule has 0 spiro atoms. The van der Waals surface area contributed by atoms with E-state index in [4.69, 9.17) is 4.52 Å². The minimum Gasteiger partial charge on any atom is -0.392 e. The average molecular weight is 241 g/mol. The van der Waals surface area contributed by atoms with Gasteiger partial charge in [-0.25, -0.2) is 0 Å². The van der Waals surface area contributed by atoms with E-state index in [9.17, 15) is 5.11 Å². The summed E-state index contributed by atoms with van der Waals surface area (Å²) in [7, 11) is 0. The van der Waals surface area contributed by atoms with Gasteiger partial charge in [-0.1, -0.05) is 5.16 Å². The van der Waals surface area contributed by atoms with Crippen LogP contribution in [0.1, 0.15) is 42.3 Å². The number of aliphatic hydroxyl groups is 1. The fourth-order valence-corrected chi connectivity index (χ4v) is 3.40. The van der Waals surface area contributed by atoms with Crippen LogP contribution in [0.5, 0.6) is 0 Å². The Morgan fingerprint density at radius 1 is 1.50 bits per heavy atom. The summed E-state index contributed by atoms with van der Waals surface area (Å²) in [6.07, 6.45) is 2.75. The number of hydrogen-bond donors (Lipinski definition) is 2. The Labute approximate surface area is 98.0 Å². The molecule has 2 fully saturated rings. The normalized spacial score (nSPS) is 34.7. The van der Waals surface area contributed by atoms with Crippen LogP contribution in [0.15, 0.2) is 4.52 Å². The van der Waals surface area contributed by atoms with Gasteiger partial charge in [0.05, 0.1) is 17.4 Å². The molecule has 5 nitrogen and oxygen atoms in total. The number of aromatic nitrogens is 2. The summed E-state index contributed by atoms with van der Waals surface area (Å²) in [6.45, 7) is 0.612. The molecule has 0 aliphatic carbocycles. The van der Waals surface area contributed by atoms with Crippen LogP contribution in [0.25, 0.3) is 0 Å². The molecule has 1 aromatic heterocycles. The van der Waals surface area contributed by atoms with Crippen molar-refractivity contribution in [1.82, 2.24) is 15.5 Å². The van der Waals surface area contributed by atoms with Crippen molar-refractivity contribution in [3.63, 3.8) is 0 Å². The fraction of sp³-hybridized carbons (Fsp3) is 0.800. The van der Waals surface area contributed by atoms with Gasteiger partial charge in [-0.3, -0.25) is 0 Å². The zero-order valence-electron chi connectivity index (χ0n) is 8.93. The zero-order chi connectivity index (χ0) is 11.0.